The second kappa shape index (κ2) is 6.69. The van der Waals surface area contributed by atoms with E-state index in [1.807, 2.05) is 0 Å². The van der Waals surface area contributed by atoms with Crippen LogP contribution in [0.25, 0.3) is 10.9 Å². The van der Waals surface area contributed by atoms with Crippen LogP contribution in [-0.2, 0) is 10.0 Å². The summed E-state index contributed by atoms with van der Waals surface area (Å²) in [5.41, 5.74) is 0.0212. The Morgan fingerprint density at radius 3 is 2.70 bits per heavy atom. The number of hydrogen-bond donors (Lipinski definition) is 2. The predicted molar refractivity (Wildman–Crippen MR) is 98.7 cm³/mol. The highest BCUT2D eigenvalue weighted by atomic mass is 35.5. The fraction of sp³-hybridized carbons (Fsp3) is 0.222. The molecule has 0 atom stereocenters. The van der Waals surface area contributed by atoms with Crippen molar-refractivity contribution in [3.8, 4) is 5.75 Å². The highest BCUT2D eigenvalue weighted by Crippen LogP contribution is 2.32. The molecule has 0 amide bonds. The van der Waals surface area contributed by atoms with Gasteiger partial charge in [0, 0.05) is 34.3 Å². The number of anilines is 1. The van der Waals surface area contributed by atoms with Gasteiger partial charge in [-0.25, -0.2) is 17.2 Å². The van der Waals surface area contributed by atoms with Gasteiger partial charge in [0.1, 0.15) is 4.90 Å². The van der Waals surface area contributed by atoms with Crippen molar-refractivity contribution in [3.63, 3.8) is 0 Å². The molecule has 0 aliphatic heterocycles. The number of halogens is 3. The Morgan fingerprint density at radius 1 is 1.19 bits per heavy atom. The molecule has 9 heteroatoms. The maximum atomic E-state index is 14.3. The molecule has 1 aliphatic carbocycles. The molecule has 0 spiro atoms. The molecule has 1 fully saturated rings. The van der Waals surface area contributed by atoms with Crippen molar-refractivity contribution >= 4 is 38.2 Å². The number of ether oxygens (including phenoxy) is 1. The summed E-state index contributed by atoms with van der Waals surface area (Å²) in [5, 5.41) is 0.827. The fourth-order valence-corrected chi connectivity index (χ4v) is 4.11. The Kier molecular flexibility index (Phi) is 4.47. The number of rotatable bonds is 6. The average Bonchev–Trinajstić information content (AvgIpc) is 3.33. The van der Waals surface area contributed by atoms with Gasteiger partial charge in [0.15, 0.2) is 17.4 Å². The van der Waals surface area contributed by atoms with Crippen molar-refractivity contribution in [1.82, 2.24) is 4.98 Å². The summed E-state index contributed by atoms with van der Waals surface area (Å²) in [5.74, 6) is -1.61. The molecule has 0 radical (unpaired) electrons. The molecule has 0 saturated heterocycles. The van der Waals surface area contributed by atoms with Crippen LogP contribution in [-0.4, -0.2) is 20.0 Å². The molecule has 0 unspecified atom stereocenters. The molecule has 4 rings (SSSR count). The summed E-state index contributed by atoms with van der Waals surface area (Å²) in [7, 11) is -4.15. The SMILES string of the molecule is O=S(=O)(Nc1cc(F)c(OCC2CC2)cc1F)c1c[nH]c2cc(Cl)ccc12. The first-order chi connectivity index (χ1) is 12.8. The molecular formula is C18H15ClF2N2O3S. The summed E-state index contributed by atoms with van der Waals surface area (Å²) >= 11 is 5.89. The Labute approximate surface area is 159 Å². The highest BCUT2D eigenvalue weighted by Gasteiger charge is 2.24. The molecular weight excluding hydrogens is 398 g/mol. The van der Waals surface area contributed by atoms with E-state index in [1.54, 1.807) is 12.1 Å². The molecule has 3 aromatic rings. The van der Waals surface area contributed by atoms with Gasteiger partial charge < -0.3 is 9.72 Å². The molecule has 1 heterocycles. The number of aromatic amines is 1. The average molecular weight is 413 g/mol. The smallest absolute Gasteiger partial charge is 0.264 e. The molecule has 1 saturated carbocycles. The van der Waals surface area contributed by atoms with Crippen molar-refractivity contribution in [2.24, 2.45) is 5.92 Å². The van der Waals surface area contributed by atoms with Crippen molar-refractivity contribution in [2.75, 3.05) is 11.3 Å². The van der Waals surface area contributed by atoms with Crippen molar-refractivity contribution in [1.29, 1.82) is 0 Å². The minimum atomic E-state index is -4.15. The van der Waals surface area contributed by atoms with E-state index < -0.39 is 27.3 Å². The van der Waals surface area contributed by atoms with Crippen LogP contribution in [0.5, 0.6) is 5.75 Å². The lowest BCUT2D eigenvalue weighted by molar-refractivity contribution is 0.284. The second-order valence-corrected chi connectivity index (χ2v) is 8.55. The first kappa shape index (κ1) is 18.1. The van der Waals surface area contributed by atoms with E-state index in [4.69, 9.17) is 16.3 Å². The quantitative estimate of drug-likeness (QED) is 0.617. The van der Waals surface area contributed by atoms with Gasteiger partial charge in [-0.1, -0.05) is 11.6 Å². The van der Waals surface area contributed by atoms with Crippen LogP contribution in [0.15, 0.2) is 41.4 Å². The van der Waals surface area contributed by atoms with Gasteiger partial charge >= 0.3 is 0 Å². The van der Waals surface area contributed by atoms with Crippen molar-refractivity contribution in [3.05, 3.63) is 53.2 Å². The number of hydrogen-bond acceptors (Lipinski definition) is 3. The first-order valence-corrected chi connectivity index (χ1v) is 10.1. The molecule has 2 N–H and O–H groups in total. The zero-order valence-corrected chi connectivity index (χ0v) is 15.5. The third-order valence-electron chi connectivity index (χ3n) is 4.33. The molecule has 0 bridgehead atoms. The Balaban J connectivity index is 1.62. The summed E-state index contributed by atoms with van der Waals surface area (Å²) in [6, 6.07) is 6.28. The predicted octanol–water partition coefficient (Wildman–Crippen LogP) is 4.69. The highest BCUT2D eigenvalue weighted by molar-refractivity contribution is 7.93. The monoisotopic (exact) mass is 412 g/mol. The topological polar surface area (TPSA) is 71.2 Å². The zero-order chi connectivity index (χ0) is 19.2. The Bertz CT molecular complexity index is 1130. The van der Waals surface area contributed by atoms with Gasteiger partial charge in [-0.05, 0) is 37.0 Å². The van der Waals surface area contributed by atoms with E-state index in [-0.39, 0.29) is 10.6 Å². The van der Waals surface area contributed by atoms with Gasteiger partial charge in [-0.15, -0.1) is 0 Å². The van der Waals surface area contributed by atoms with Gasteiger partial charge in [-0.3, -0.25) is 4.72 Å². The third kappa shape index (κ3) is 3.72. The molecule has 2 aromatic carbocycles. The largest absolute Gasteiger partial charge is 0.490 e. The maximum Gasteiger partial charge on any atom is 0.264 e. The number of fused-ring (bicyclic) bond motifs is 1. The number of sulfonamides is 1. The standard InChI is InChI=1S/C18H15ClF2N2O3S/c19-11-3-4-12-15(5-11)22-8-18(12)27(24,25)23-16-6-14(21)17(7-13(16)20)26-9-10-1-2-10/h3-8,10,22-23H,1-2,9H2. The van der Waals surface area contributed by atoms with Gasteiger partial charge in [0.05, 0.1) is 12.3 Å². The zero-order valence-electron chi connectivity index (χ0n) is 13.9. The van der Waals surface area contributed by atoms with E-state index >= 15 is 0 Å². The van der Waals surface area contributed by atoms with E-state index in [1.165, 1.54) is 12.3 Å². The van der Waals surface area contributed by atoms with Crippen LogP contribution in [0.3, 0.4) is 0 Å². The van der Waals surface area contributed by atoms with E-state index in [2.05, 4.69) is 9.71 Å². The van der Waals surface area contributed by atoms with Crippen molar-refractivity contribution < 1.29 is 21.9 Å². The van der Waals surface area contributed by atoms with Gasteiger partial charge in [0.2, 0.25) is 0 Å². The van der Waals surface area contributed by atoms with E-state index in [0.717, 1.165) is 25.0 Å². The van der Waals surface area contributed by atoms with Gasteiger partial charge in [-0.2, -0.15) is 0 Å². The number of nitrogens with one attached hydrogen (secondary N) is 2. The number of H-pyrrole nitrogens is 1. The number of aromatic nitrogens is 1. The summed E-state index contributed by atoms with van der Waals surface area (Å²) in [6.45, 7) is 0.319. The molecule has 27 heavy (non-hydrogen) atoms. The summed E-state index contributed by atoms with van der Waals surface area (Å²) < 4.78 is 61.1. The van der Waals surface area contributed by atoms with Crippen LogP contribution in [0, 0.1) is 17.6 Å². The van der Waals surface area contributed by atoms with Crippen LogP contribution in [0.1, 0.15) is 12.8 Å². The van der Waals surface area contributed by atoms with Crippen LogP contribution in [0.2, 0.25) is 5.02 Å². The van der Waals surface area contributed by atoms with Crippen molar-refractivity contribution in [2.45, 2.75) is 17.7 Å². The molecule has 1 aromatic heterocycles. The lowest BCUT2D eigenvalue weighted by Gasteiger charge is -2.11. The Morgan fingerprint density at radius 2 is 1.96 bits per heavy atom. The summed E-state index contributed by atoms with van der Waals surface area (Å²) in [6.07, 6.45) is 3.29. The minimum absolute atomic E-state index is 0.0944. The fourth-order valence-electron chi connectivity index (χ4n) is 2.70. The first-order valence-electron chi connectivity index (χ1n) is 8.25. The Hall–Kier alpha value is -2.32. The maximum absolute atomic E-state index is 14.3. The third-order valence-corrected chi connectivity index (χ3v) is 5.97. The molecule has 142 valence electrons. The minimum Gasteiger partial charge on any atom is -0.490 e. The molecule has 5 nitrogen and oxygen atoms in total. The van der Waals surface area contributed by atoms with Gasteiger partial charge in [0.25, 0.3) is 10.0 Å². The van der Waals surface area contributed by atoms with Crippen LogP contribution in [0.4, 0.5) is 14.5 Å². The normalized spacial score (nSPS) is 14.5. The van der Waals surface area contributed by atoms with Crippen LogP contribution >= 0.6 is 11.6 Å². The number of benzene rings is 2. The lowest BCUT2D eigenvalue weighted by Crippen LogP contribution is -2.14. The lowest BCUT2D eigenvalue weighted by atomic mass is 10.2. The van der Waals surface area contributed by atoms with E-state index in [9.17, 15) is 17.2 Å². The summed E-state index contributed by atoms with van der Waals surface area (Å²) in [4.78, 5) is 2.70. The van der Waals surface area contributed by atoms with Crippen LogP contribution < -0.4 is 9.46 Å². The van der Waals surface area contributed by atoms with E-state index in [0.29, 0.717) is 28.5 Å². The second-order valence-electron chi connectivity index (χ2n) is 6.47. The molecule has 1 aliphatic rings.